The van der Waals surface area contributed by atoms with Crippen molar-refractivity contribution in [3.8, 4) is 5.75 Å². The van der Waals surface area contributed by atoms with Gasteiger partial charge in [-0.2, -0.15) is 5.10 Å². The highest BCUT2D eigenvalue weighted by Gasteiger charge is 2.19. The van der Waals surface area contributed by atoms with Gasteiger partial charge < -0.3 is 15.0 Å². The molecule has 5 rings (SSSR count). The first-order chi connectivity index (χ1) is 16.7. The summed E-state index contributed by atoms with van der Waals surface area (Å²) in [4.78, 5) is 24.1. The van der Waals surface area contributed by atoms with Gasteiger partial charge in [-0.25, -0.2) is 14.6 Å². The second-order valence-corrected chi connectivity index (χ2v) is 9.11. The highest BCUT2D eigenvalue weighted by molar-refractivity contribution is 7.98. The van der Waals surface area contributed by atoms with Crippen LogP contribution < -0.4 is 15.0 Å². The molecule has 2 aromatic carbocycles. The van der Waals surface area contributed by atoms with Gasteiger partial charge in [0.15, 0.2) is 17.4 Å². The number of hydrogen-bond donors (Lipinski definition) is 1. The molecule has 0 aliphatic carbocycles. The van der Waals surface area contributed by atoms with Gasteiger partial charge in [-0.05, 0) is 48.4 Å². The molecule has 3 heterocycles. The van der Waals surface area contributed by atoms with Crippen molar-refractivity contribution in [1.29, 1.82) is 0 Å². The third-order valence-corrected chi connectivity index (χ3v) is 6.58. The third kappa shape index (κ3) is 4.94. The number of nitrogens with zero attached hydrogens (tertiary/aromatic N) is 5. The Balaban J connectivity index is 1.20. The van der Waals surface area contributed by atoms with Crippen molar-refractivity contribution in [2.45, 2.75) is 31.0 Å². The molecule has 0 saturated carbocycles. The summed E-state index contributed by atoms with van der Waals surface area (Å²) in [6, 6.07) is 13.9. The van der Waals surface area contributed by atoms with E-state index in [9.17, 15) is 4.79 Å². The third-order valence-electron chi connectivity index (χ3n) is 6.03. The van der Waals surface area contributed by atoms with Crippen LogP contribution in [0.3, 0.4) is 0 Å². The number of thioether (sulfide) groups is 1. The number of hydrogen-bond acceptors (Lipinski definition) is 7. The van der Waals surface area contributed by atoms with Gasteiger partial charge in [-0.15, -0.1) is 0 Å². The molecule has 1 N–H and O–H groups in total. The second-order valence-electron chi connectivity index (χ2n) is 8.33. The van der Waals surface area contributed by atoms with Gasteiger partial charge in [0.05, 0.1) is 18.1 Å². The second kappa shape index (κ2) is 10.3. The van der Waals surface area contributed by atoms with Crippen molar-refractivity contribution >= 4 is 45.3 Å². The Labute approximate surface area is 202 Å². The molecule has 1 aliphatic rings. The lowest BCUT2D eigenvalue weighted by atomic mass is 10.1. The van der Waals surface area contributed by atoms with E-state index in [0.717, 1.165) is 45.9 Å². The number of rotatable bonds is 8. The number of anilines is 1. The van der Waals surface area contributed by atoms with Gasteiger partial charge in [0, 0.05) is 19.6 Å². The molecular formula is C25H28N6O2S. The topological polar surface area (TPSA) is 85.2 Å². The molecule has 1 aliphatic heterocycles. The average molecular weight is 477 g/mol. The number of carbonyl (C=O) groups is 1. The number of carbonyl (C=O) groups excluding carboxylic acids is 1. The zero-order valence-electron chi connectivity index (χ0n) is 19.2. The lowest BCUT2D eigenvalue weighted by molar-refractivity contribution is -0.123. The minimum atomic E-state index is -0.168. The van der Waals surface area contributed by atoms with Crippen LogP contribution in [0.25, 0.3) is 21.8 Å². The Kier molecular flexibility index (Phi) is 6.80. The van der Waals surface area contributed by atoms with E-state index in [-0.39, 0.29) is 12.5 Å². The number of aromatic nitrogens is 4. The van der Waals surface area contributed by atoms with Crippen molar-refractivity contribution < 1.29 is 9.53 Å². The fourth-order valence-electron chi connectivity index (χ4n) is 4.28. The smallest absolute Gasteiger partial charge is 0.258 e. The van der Waals surface area contributed by atoms with Gasteiger partial charge in [0.25, 0.3) is 5.91 Å². The van der Waals surface area contributed by atoms with Crippen LogP contribution in [0, 0.1) is 0 Å². The molecule has 0 radical (unpaired) electrons. The summed E-state index contributed by atoms with van der Waals surface area (Å²) >= 11 is 1.53. The SMILES string of the molecule is CSc1nc(N2CCCCC2)c2cnn(CCNC(=O)COc3ccc4ccccc4c3)c2n1. The molecule has 2 aromatic heterocycles. The highest BCUT2D eigenvalue weighted by Crippen LogP contribution is 2.28. The van der Waals surface area contributed by atoms with Crippen LogP contribution >= 0.6 is 11.8 Å². The molecule has 1 amide bonds. The number of fused-ring (bicyclic) bond motifs is 2. The molecule has 1 fully saturated rings. The number of piperidine rings is 1. The molecule has 0 bridgehead atoms. The fourth-order valence-corrected chi connectivity index (χ4v) is 4.64. The van der Waals surface area contributed by atoms with Crippen LogP contribution in [0.1, 0.15) is 19.3 Å². The monoisotopic (exact) mass is 476 g/mol. The van der Waals surface area contributed by atoms with Crippen LogP contribution in [-0.4, -0.2) is 58.2 Å². The van der Waals surface area contributed by atoms with Crippen LogP contribution in [0.2, 0.25) is 0 Å². The van der Waals surface area contributed by atoms with Gasteiger partial charge in [0.2, 0.25) is 0 Å². The standard InChI is InChI=1S/C25H28N6O2S/c1-34-25-28-23(30-12-5-2-6-13-30)21-16-27-31(24(21)29-25)14-11-26-22(32)17-33-20-10-9-18-7-3-4-8-19(18)15-20/h3-4,7-10,15-16H,2,5-6,11-14,17H2,1H3,(H,26,32). The molecule has 0 unspecified atom stereocenters. The summed E-state index contributed by atoms with van der Waals surface area (Å²) < 4.78 is 7.53. The van der Waals surface area contributed by atoms with E-state index in [4.69, 9.17) is 14.7 Å². The summed E-state index contributed by atoms with van der Waals surface area (Å²) in [6.07, 6.45) is 7.46. The summed E-state index contributed by atoms with van der Waals surface area (Å²) in [5, 5.41) is 11.4. The molecule has 0 spiro atoms. The van der Waals surface area contributed by atoms with E-state index < -0.39 is 0 Å². The predicted molar refractivity (Wildman–Crippen MR) is 136 cm³/mol. The summed E-state index contributed by atoms with van der Waals surface area (Å²) in [7, 11) is 0. The average Bonchev–Trinajstić information content (AvgIpc) is 3.30. The molecule has 176 valence electrons. The van der Waals surface area contributed by atoms with Crippen LogP contribution in [0.15, 0.2) is 53.8 Å². The Morgan fingerprint density at radius 3 is 2.74 bits per heavy atom. The number of amides is 1. The van der Waals surface area contributed by atoms with E-state index in [1.165, 1.54) is 31.0 Å². The van der Waals surface area contributed by atoms with Crippen LogP contribution in [0.4, 0.5) is 5.82 Å². The Bertz CT molecular complexity index is 1300. The number of ether oxygens (including phenoxy) is 1. The minimum Gasteiger partial charge on any atom is -0.484 e. The van der Waals surface area contributed by atoms with Crippen molar-refractivity contribution in [2.24, 2.45) is 0 Å². The van der Waals surface area contributed by atoms with Gasteiger partial charge >= 0.3 is 0 Å². The first-order valence-corrected chi connectivity index (χ1v) is 12.8. The number of nitrogens with one attached hydrogen (secondary N) is 1. The summed E-state index contributed by atoms with van der Waals surface area (Å²) in [5.74, 6) is 1.48. The summed E-state index contributed by atoms with van der Waals surface area (Å²) in [6.45, 7) is 2.96. The molecule has 1 saturated heterocycles. The van der Waals surface area contributed by atoms with Gasteiger partial charge in [-0.1, -0.05) is 42.1 Å². The fraction of sp³-hybridized carbons (Fsp3) is 0.360. The molecule has 9 heteroatoms. The quantitative estimate of drug-likeness (QED) is 0.305. The zero-order valence-corrected chi connectivity index (χ0v) is 20.1. The Hall–Kier alpha value is -3.33. The normalized spacial score (nSPS) is 14.0. The lowest BCUT2D eigenvalue weighted by Crippen LogP contribution is -2.32. The zero-order chi connectivity index (χ0) is 23.3. The van der Waals surface area contributed by atoms with Crippen molar-refractivity contribution in [1.82, 2.24) is 25.1 Å². The van der Waals surface area contributed by atoms with Crippen LogP contribution in [-0.2, 0) is 11.3 Å². The summed E-state index contributed by atoms with van der Waals surface area (Å²) in [5.41, 5.74) is 0.807. The van der Waals surface area contributed by atoms with Crippen molar-refractivity contribution in [3.63, 3.8) is 0 Å². The largest absolute Gasteiger partial charge is 0.484 e. The maximum Gasteiger partial charge on any atom is 0.258 e. The van der Waals surface area contributed by atoms with E-state index in [0.29, 0.717) is 18.8 Å². The minimum absolute atomic E-state index is 0.0317. The maximum absolute atomic E-state index is 12.3. The van der Waals surface area contributed by atoms with E-state index >= 15 is 0 Å². The van der Waals surface area contributed by atoms with Gasteiger partial charge in [0.1, 0.15) is 11.6 Å². The number of benzene rings is 2. The predicted octanol–water partition coefficient (Wildman–Crippen LogP) is 3.89. The first kappa shape index (κ1) is 22.5. The lowest BCUT2D eigenvalue weighted by Gasteiger charge is -2.28. The maximum atomic E-state index is 12.3. The van der Waals surface area contributed by atoms with Crippen molar-refractivity contribution in [2.75, 3.05) is 37.4 Å². The molecular weight excluding hydrogens is 448 g/mol. The van der Waals surface area contributed by atoms with Crippen molar-refractivity contribution in [3.05, 3.63) is 48.7 Å². The first-order valence-electron chi connectivity index (χ1n) is 11.6. The molecule has 34 heavy (non-hydrogen) atoms. The molecule has 4 aromatic rings. The highest BCUT2D eigenvalue weighted by atomic mass is 32.2. The Morgan fingerprint density at radius 1 is 1.09 bits per heavy atom. The van der Waals surface area contributed by atoms with E-state index in [2.05, 4.69) is 15.3 Å². The molecule has 8 nitrogen and oxygen atoms in total. The van der Waals surface area contributed by atoms with E-state index in [1.807, 2.05) is 59.6 Å². The molecule has 0 atom stereocenters. The van der Waals surface area contributed by atoms with Crippen LogP contribution in [0.5, 0.6) is 5.75 Å². The van der Waals surface area contributed by atoms with E-state index in [1.54, 1.807) is 0 Å². The Morgan fingerprint density at radius 2 is 1.91 bits per heavy atom. The van der Waals surface area contributed by atoms with Gasteiger partial charge in [-0.3, -0.25) is 4.79 Å².